The van der Waals surface area contributed by atoms with Crippen LogP contribution in [0.3, 0.4) is 0 Å². The lowest BCUT2D eigenvalue weighted by atomic mass is 10.3. The molecular weight excluding hydrogens is 154 g/mol. The second-order valence-electron chi connectivity index (χ2n) is 1.65. The van der Waals surface area contributed by atoms with Crippen LogP contribution in [0.5, 0.6) is 0 Å². The molecule has 6 heteroatoms. The SMILES string of the molecule is CC(=O)O.N[C@@H](CO)C(=O)O. The zero-order chi connectivity index (χ0) is 9.44. The molecular formula is C5H11NO5. The second-order valence-corrected chi connectivity index (χ2v) is 1.65. The first-order valence-corrected chi connectivity index (χ1v) is 2.70. The molecule has 0 fully saturated rings. The van der Waals surface area contributed by atoms with E-state index in [1.165, 1.54) is 0 Å². The third-order valence-electron chi connectivity index (χ3n) is 0.514. The summed E-state index contributed by atoms with van der Waals surface area (Å²) in [5, 5.41) is 23.3. The molecule has 0 aliphatic heterocycles. The maximum absolute atomic E-state index is 9.65. The molecule has 1 atom stereocenters. The fourth-order valence-electron chi connectivity index (χ4n) is 0.0781. The van der Waals surface area contributed by atoms with Crippen molar-refractivity contribution in [1.29, 1.82) is 0 Å². The molecule has 66 valence electrons. The lowest BCUT2D eigenvalue weighted by Gasteiger charge is -1.96. The van der Waals surface area contributed by atoms with Crippen LogP contribution in [-0.2, 0) is 9.59 Å². The monoisotopic (exact) mass is 165 g/mol. The normalized spacial score (nSPS) is 10.8. The van der Waals surface area contributed by atoms with Crippen molar-refractivity contribution in [2.75, 3.05) is 6.61 Å². The number of carboxylic acids is 2. The maximum Gasteiger partial charge on any atom is 0.322 e. The molecule has 0 saturated heterocycles. The van der Waals surface area contributed by atoms with Gasteiger partial charge in [-0.1, -0.05) is 0 Å². The van der Waals surface area contributed by atoms with Crippen molar-refractivity contribution in [2.45, 2.75) is 13.0 Å². The first-order valence-electron chi connectivity index (χ1n) is 2.70. The van der Waals surface area contributed by atoms with Gasteiger partial charge in [0.25, 0.3) is 5.97 Å². The molecule has 0 aromatic rings. The van der Waals surface area contributed by atoms with E-state index < -0.39 is 24.6 Å². The number of rotatable bonds is 2. The number of aliphatic hydroxyl groups excluding tert-OH is 1. The fourth-order valence-corrected chi connectivity index (χ4v) is 0.0781. The van der Waals surface area contributed by atoms with Gasteiger partial charge in [0.05, 0.1) is 6.61 Å². The number of carbonyl (C=O) groups is 2. The lowest BCUT2D eigenvalue weighted by Crippen LogP contribution is -2.33. The highest BCUT2D eigenvalue weighted by Gasteiger charge is 2.06. The number of nitrogens with two attached hydrogens (primary N) is 1. The minimum atomic E-state index is -1.18. The summed E-state index contributed by atoms with van der Waals surface area (Å²) in [6.07, 6.45) is 0. The van der Waals surface area contributed by atoms with E-state index in [1.807, 2.05) is 0 Å². The van der Waals surface area contributed by atoms with Gasteiger partial charge in [-0.15, -0.1) is 0 Å². The third-order valence-corrected chi connectivity index (χ3v) is 0.514. The Morgan fingerprint density at radius 1 is 1.45 bits per heavy atom. The summed E-state index contributed by atoms with van der Waals surface area (Å²) in [6.45, 7) is 0.579. The van der Waals surface area contributed by atoms with Crippen molar-refractivity contribution < 1.29 is 24.9 Å². The molecule has 11 heavy (non-hydrogen) atoms. The van der Waals surface area contributed by atoms with Gasteiger partial charge in [-0.2, -0.15) is 0 Å². The Bertz CT molecular complexity index is 131. The standard InChI is InChI=1S/C3H7NO3.C2H4O2/c4-2(1-5)3(6)7;1-2(3)4/h2,5H,1,4H2,(H,6,7);1H3,(H,3,4)/t2-;/m0./s1. The van der Waals surface area contributed by atoms with Crippen molar-refractivity contribution in [3.05, 3.63) is 0 Å². The van der Waals surface area contributed by atoms with Crippen molar-refractivity contribution >= 4 is 11.9 Å². The topological polar surface area (TPSA) is 121 Å². The first kappa shape index (κ1) is 12.5. The molecule has 0 unspecified atom stereocenters. The number of aliphatic hydroxyl groups is 1. The minimum absolute atomic E-state index is 0.505. The van der Waals surface area contributed by atoms with Crippen molar-refractivity contribution in [1.82, 2.24) is 0 Å². The zero-order valence-electron chi connectivity index (χ0n) is 6.02. The summed E-state index contributed by atoms with van der Waals surface area (Å²) in [5.74, 6) is -2.01. The van der Waals surface area contributed by atoms with Gasteiger partial charge in [-0.25, -0.2) is 0 Å². The van der Waals surface area contributed by atoms with Crippen molar-refractivity contribution in [3.8, 4) is 0 Å². The van der Waals surface area contributed by atoms with Crippen LogP contribution in [0, 0.1) is 0 Å². The first-order chi connectivity index (χ1) is 4.91. The van der Waals surface area contributed by atoms with Crippen LogP contribution in [0.2, 0.25) is 0 Å². The summed E-state index contributed by atoms with van der Waals surface area (Å²) < 4.78 is 0. The molecule has 0 radical (unpaired) electrons. The molecule has 0 aromatic carbocycles. The van der Waals surface area contributed by atoms with E-state index in [1.54, 1.807) is 0 Å². The highest BCUT2D eigenvalue weighted by Crippen LogP contribution is 1.71. The van der Waals surface area contributed by atoms with Crippen LogP contribution in [0.1, 0.15) is 6.92 Å². The van der Waals surface area contributed by atoms with Crippen LogP contribution in [0.4, 0.5) is 0 Å². The molecule has 0 bridgehead atoms. The van der Waals surface area contributed by atoms with Gasteiger partial charge >= 0.3 is 5.97 Å². The Kier molecular flexibility index (Phi) is 7.94. The van der Waals surface area contributed by atoms with E-state index >= 15 is 0 Å². The van der Waals surface area contributed by atoms with E-state index in [4.69, 9.17) is 25.8 Å². The van der Waals surface area contributed by atoms with Crippen LogP contribution in [0.15, 0.2) is 0 Å². The maximum atomic E-state index is 9.65. The number of carboxylic acid groups (broad SMARTS) is 2. The molecule has 0 aliphatic rings. The Morgan fingerprint density at radius 3 is 1.73 bits per heavy atom. The Hall–Kier alpha value is -1.14. The number of hydrogen-bond donors (Lipinski definition) is 4. The van der Waals surface area contributed by atoms with Gasteiger partial charge in [0.1, 0.15) is 6.04 Å². The Balaban J connectivity index is 0. The molecule has 0 aliphatic carbocycles. The zero-order valence-corrected chi connectivity index (χ0v) is 6.02. The summed E-state index contributed by atoms with van der Waals surface area (Å²) in [5.41, 5.74) is 4.77. The van der Waals surface area contributed by atoms with Gasteiger partial charge < -0.3 is 21.1 Å². The predicted octanol–water partition coefficient (Wildman–Crippen LogP) is -1.52. The second kappa shape index (κ2) is 6.97. The molecule has 5 N–H and O–H groups in total. The van der Waals surface area contributed by atoms with Crippen LogP contribution in [0.25, 0.3) is 0 Å². The molecule has 0 spiro atoms. The average Bonchev–Trinajstić information content (AvgIpc) is 1.85. The van der Waals surface area contributed by atoms with E-state index in [9.17, 15) is 4.79 Å². The summed E-state index contributed by atoms with van der Waals surface area (Å²) in [4.78, 5) is 18.6. The Morgan fingerprint density at radius 2 is 1.73 bits per heavy atom. The largest absolute Gasteiger partial charge is 0.481 e. The van der Waals surface area contributed by atoms with Gasteiger partial charge in [0.15, 0.2) is 0 Å². The average molecular weight is 165 g/mol. The minimum Gasteiger partial charge on any atom is -0.481 e. The molecule has 6 nitrogen and oxygen atoms in total. The molecule has 0 saturated carbocycles. The van der Waals surface area contributed by atoms with E-state index in [0.717, 1.165) is 6.92 Å². The van der Waals surface area contributed by atoms with E-state index in [2.05, 4.69) is 0 Å². The number of aliphatic carboxylic acids is 2. The summed E-state index contributed by atoms with van der Waals surface area (Å²) >= 11 is 0. The summed E-state index contributed by atoms with van der Waals surface area (Å²) in [6, 6.07) is -1.13. The van der Waals surface area contributed by atoms with Gasteiger partial charge in [0, 0.05) is 6.92 Å². The highest BCUT2D eigenvalue weighted by atomic mass is 16.4. The predicted molar refractivity (Wildman–Crippen MR) is 36.0 cm³/mol. The van der Waals surface area contributed by atoms with Crippen molar-refractivity contribution in [3.63, 3.8) is 0 Å². The number of hydrogen-bond acceptors (Lipinski definition) is 4. The highest BCUT2D eigenvalue weighted by molar-refractivity contribution is 5.73. The molecule has 0 heterocycles. The van der Waals surface area contributed by atoms with E-state index in [0.29, 0.717) is 0 Å². The van der Waals surface area contributed by atoms with Crippen LogP contribution in [-0.4, -0.2) is 39.9 Å². The lowest BCUT2D eigenvalue weighted by molar-refractivity contribution is -0.139. The van der Waals surface area contributed by atoms with Crippen molar-refractivity contribution in [2.24, 2.45) is 5.73 Å². The van der Waals surface area contributed by atoms with Gasteiger partial charge in [-0.3, -0.25) is 9.59 Å². The molecule has 0 amide bonds. The van der Waals surface area contributed by atoms with Gasteiger partial charge in [0.2, 0.25) is 0 Å². The summed E-state index contributed by atoms with van der Waals surface area (Å²) in [7, 11) is 0. The fraction of sp³-hybridized carbons (Fsp3) is 0.600. The van der Waals surface area contributed by atoms with E-state index in [-0.39, 0.29) is 0 Å². The molecule has 0 aromatic heterocycles. The van der Waals surface area contributed by atoms with Crippen LogP contribution >= 0.6 is 0 Å². The quantitative estimate of drug-likeness (QED) is 0.394. The van der Waals surface area contributed by atoms with Gasteiger partial charge in [-0.05, 0) is 0 Å². The third kappa shape index (κ3) is 17.7. The smallest absolute Gasteiger partial charge is 0.322 e. The Labute approximate surface area is 63.3 Å². The molecule has 0 rings (SSSR count). The van der Waals surface area contributed by atoms with Crippen LogP contribution < -0.4 is 5.73 Å².